The third-order valence-electron chi connectivity index (χ3n) is 2.34. The van der Waals surface area contributed by atoms with Gasteiger partial charge in [-0.3, -0.25) is 0 Å². The molecular weight excluding hydrogens is 306 g/mol. The maximum absolute atomic E-state index is 11.8. The number of likely N-dealkylation sites (N-methyl/N-ethyl adjacent to an activating group) is 1. The first-order valence-electron chi connectivity index (χ1n) is 7.23. The molecule has 8 heteroatoms. The van der Waals surface area contributed by atoms with Crippen molar-refractivity contribution in [1.29, 1.82) is 0 Å². The molecule has 0 radical (unpaired) electrons. The van der Waals surface area contributed by atoms with Crippen molar-refractivity contribution in [3.63, 3.8) is 0 Å². The fourth-order valence-electron chi connectivity index (χ4n) is 1.43. The molecule has 1 N–H and O–H groups in total. The topological polar surface area (TPSA) is 102 Å². The highest BCUT2D eigenvalue weighted by Crippen LogP contribution is 2.12. The monoisotopic (exact) mass is 331 g/mol. The lowest BCUT2D eigenvalue weighted by atomic mass is 10.2. The van der Waals surface area contributed by atoms with Crippen LogP contribution in [0.3, 0.4) is 0 Å². The van der Waals surface area contributed by atoms with Gasteiger partial charge in [0, 0.05) is 7.05 Å². The number of ether oxygens (including phenoxy) is 3. The zero-order valence-electron chi connectivity index (χ0n) is 14.5. The van der Waals surface area contributed by atoms with E-state index in [9.17, 15) is 19.5 Å². The van der Waals surface area contributed by atoms with Gasteiger partial charge in [-0.05, 0) is 34.6 Å². The quantitative estimate of drug-likeness (QED) is 0.198. The van der Waals surface area contributed by atoms with Crippen molar-refractivity contribution in [2.75, 3.05) is 26.8 Å². The third-order valence-corrected chi connectivity index (χ3v) is 2.34. The van der Waals surface area contributed by atoms with Gasteiger partial charge in [-0.1, -0.05) is 0 Å². The molecule has 8 nitrogen and oxygen atoms in total. The van der Waals surface area contributed by atoms with Crippen LogP contribution in [-0.2, 0) is 23.8 Å². The number of amides is 1. The third kappa shape index (κ3) is 7.53. The first-order valence-corrected chi connectivity index (χ1v) is 7.23. The molecule has 0 bridgehead atoms. The number of carbonyl (C=O) groups excluding carboxylic acids is 3. The molecular formula is C15H25NO7. The Hall–Kier alpha value is -2.25. The van der Waals surface area contributed by atoms with Crippen molar-refractivity contribution >= 4 is 18.0 Å². The summed E-state index contributed by atoms with van der Waals surface area (Å²) in [5.74, 6) is -2.66. The summed E-state index contributed by atoms with van der Waals surface area (Å²) in [5.41, 5.74) is -1.35. The first-order chi connectivity index (χ1) is 10.5. The van der Waals surface area contributed by atoms with Crippen LogP contribution < -0.4 is 0 Å². The van der Waals surface area contributed by atoms with Crippen molar-refractivity contribution in [2.45, 2.75) is 40.2 Å². The Morgan fingerprint density at radius 3 is 1.78 bits per heavy atom. The van der Waals surface area contributed by atoms with Crippen molar-refractivity contribution in [1.82, 2.24) is 4.90 Å². The number of carbonyl (C=O) groups is 3. The average molecular weight is 331 g/mol. The fourth-order valence-corrected chi connectivity index (χ4v) is 1.43. The molecule has 0 aromatic carbocycles. The van der Waals surface area contributed by atoms with Crippen LogP contribution in [0.2, 0.25) is 0 Å². The van der Waals surface area contributed by atoms with E-state index in [0.29, 0.717) is 0 Å². The summed E-state index contributed by atoms with van der Waals surface area (Å²) < 4.78 is 14.6. The van der Waals surface area contributed by atoms with Crippen LogP contribution in [0, 0.1) is 0 Å². The Labute approximate surface area is 136 Å². The number of hydrogen-bond acceptors (Lipinski definition) is 7. The summed E-state index contributed by atoms with van der Waals surface area (Å²) in [4.78, 5) is 36.5. The van der Waals surface area contributed by atoms with E-state index >= 15 is 0 Å². The molecule has 0 saturated heterocycles. The number of hydrogen-bond donors (Lipinski definition) is 1. The second kappa shape index (κ2) is 9.02. The molecule has 0 fully saturated rings. The van der Waals surface area contributed by atoms with Gasteiger partial charge in [0.1, 0.15) is 11.4 Å². The summed E-state index contributed by atoms with van der Waals surface area (Å²) in [6.45, 7) is 7.84. The number of esters is 2. The fraction of sp³-hybridized carbons (Fsp3) is 0.667. The lowest BCUT2D eigenvalue weighted by molar-refractivity contribution is -0.147. The van der Waals surface area contributed by atoms with Gasteiger partial charge >= 0.3 is 18.0 Å². The smallest absolute Gasteiger partial charge is 0.410 e. The van der Waals surface area contributed by atoms with Crippen molar-refractivity contribution < 1.29 is 33.7 Å². The molecule has 0 rings (SSSR count). The largest absolute Gasteiger partial charge is 0.509 e. The predicted molar refractivity (Wildman–Crippen MR) is 81.8 cm³/mol. The van der Waals surface area contributed by atoms with Crippen LogP contribution in [0.1, 0.15) is 34.6 Å². The first kappa shape index (κ1) is 20.8. The van der Waals surface area contributed by atoms with Crippen LogP contribution in [0.25, 0.3) is 0 Å². The van der Waals surface area contributed by atoms with Gasteiger partial charge in [-0.15, -0.1) is 0 Å². The molecule has 0 aliphatic carbocycles. The van der Waals surface area contributed by atoms with Gasteiger partial charge in [0.2, 0.25) is 0 Å². The minimum atomic E-state index is -1.01. The number of nitrogens with zero attached hydrogens (tertiary/aromatic N) is 1. The molecule has 0 aliphatic rings. The van der Waals surface area contributed by atoms with Gasteiger partial charge in [0.05, 0.1) is 19.8 Å². The molecule has 0 spiro atoms. The molecule has 1 amide bonds. The van der Waals surface area contributed by atoms with Crippen molar-refractivity contribution in [3.8, 4) is 0 Å². The standard InChI is InChI=1S/C15H25NO7/c1-7-21-12(18)11(13(19)22-8-2)10(17)9-16(6)14(20)23-15(3,4)5/h17H,7-9H2,1-6H3. The van der Waals surface area contributed by atoms with E-state index in [-0.39, 0.29) is 13.2 Å². The molecule has 0 aliphatic heterocycles. The Morgan fingerprint density at radius 1 is 1.00 bits per heavy atom. The molecule has 132 valence electrons. The van der Waals surface area contributed by atoms with Crippen molar-refractivity contribution in [3.05, 3.63) is 11.3 Å². The highest BCUT2D eigenvalue weighted by atomic mass is 16.6. The van der Waals surface area contributed by atoms with Crippen LogP contribution in [0.15, 0.2) is 11.3 Å². The van der Waals surface area contributed by atoms with Crippen LogP contribution >= 0.6 is 0 Å². The summed E-state index contributed by atoms with van der Waals surface area (Å²) in [7, 11) is 1.36. The highest BCUT2D eigenvalue weighted by Gasteiger charge is 2.28. The van der Waals surface area contributed by atoms with E-state index in [4.69, 9.17) is 14.2 Å². The molecule has 23 heavy (non-hydrogen) atoms. The molecule has 0 atom stereocenters. The predicted octanol–water partition coefficient (Wildman–Crippen LogP) is 1.79. The van der Waals surface area contributed by atoms with Crippen LogP contribution in [0.5, 0.6) is 0 Å². The average Bonchev–Trinajstić information content (AvgIpc) is 2.37. The maximum Gasteiger partial charge on any atom is 0.410 e. The number of aliphatic hydroxyl groups excluding tert-OH is 1. The van der Waals surface area contributed by atoms with E-state index in [1.807, 2.05) is 0 Å². The van der Waals surface area contributed by atoms with Gasteiger partial charge in [0.15, 0.2) is 5.57 Å². The second-order valence-electron chi connectivity index (χ2n) is 5.60. The summed E-state index contributed by atoms with van der Waals surface area (Å²) in [6, 6.07) is 0. The van der Waals surface area contributed by atoms with Gasteiger partial charge in [-0.2, -0.15) is 0 Å². The van der Waals surface area contributed by atoms with Crippen LogP contribution in [0.4, 0.5) is 4.79 Å². The summed E-state index contributed by atoms with van der Waals surface area (Å²) in [6.07, 6.45) is -0.712. The van der Waals surface area contributed by atoms with Gasteiger partial charge in [-0.25, -0.2) is 14.4 Å². The zero-order valence-corrected chi connectivity index (χ0v) is 14.5. The van der Waals surface area contributed by atoms with Crippen LogP contribution in [-0.4, -0.2) is 60.4 Å². The minimum absolute atomic E-state index is 0.0247. The Kier molecular flexibility index (Phi) is 8.13. The summed E-state index contributed by atoms with van der Waals surface area (Å²) >= 11 is 0. The van der Waals surface area contributed by atoms with E-state index < -0.39 is 41.5 Å². The lowest BCUT2D eigenvalue weighted by Gasteiger charge is -2.24. The van der Waals surface area contributed by atoms with E-state index in [2.05, 4.69) is 0 Å². The molecule has 0 aromatic rings. The Bertz CT molecular complexity index is 457. The summed E-state index contributed by atoms with van der Waals surface area (Å²) in [5, 5.41) is 10.0. The molecule has 0 unspecified atom stereocenters. The molecule has 0 aromatic heterocycles. The van der Waals surface area contributed by atoms with E-state index in [1.54, 1.807) is 34.6 Å². The van der Waals surface area contributed by atoms with E-state index in [0.717, 1.165) is 4.90 Å². The molecule has 0 saturated carbocycles. The van der Waals surface area contributed by atoms with Gasteiger partial charge < -0.3 is 24.2 Å². The minimum Gasteiger partial charge on any atom is -0.509 e. The Balaban J connectivity index is 5.26. The Morgan fingerprint density at radius 2 is 1.43 bits per heavy atom. The van der Waals surface area contributed by atoms with Crippen molar-refractivity contribution in [2.24, 2.45) is 0 Å². The maximum atomic E-state index is 11.8. The normalized spacial score (nSPS) is 10.5. The number of aliphatic hydroxyl groups is 1. The second-order valence-corrected chi connectivity index (χ2v) is 5.60. The SMILES string of the molecule is CCOC(=O)C(C(=O)OCC)=C(O)CN(C)C(=O)OC(C)(C)C. The van der Waals surface area contributed by atoms with E-state index in [1.165, 1.54) is 7.05 Å². The lowest BCUT2D eigenvalue weighted by Crippen LogP contribution is -2.36. The zero-order chi connectivity index (χ0) is 18.2. The highest BCUT2D eigenvalue weighted by molar-refractivity contribution is 6.14. The number of rotatable bonds is 6. The molecule has 0 heterocycles. The van der Waals surface area contributed by atoms with Gasteiger partial charge in [0.25, 0.3) is 0 Å².